The Labute approximate surface area is 81.7 Å². The number of aliphatic hydroxyl groups is 1. The molecule has 0 fully saturated rings. The number of carboxylic acid groups (broad SMARTS) is 1. The summed E-state index contributed by atoms with van der Waals surface area (Å²) >= 11 is 0. The lowest BCUT2D eigenvalue weighted by Crippen LogP contribution is -2.23. The zero-order valence-electron chi connectivity index (χ0n) is 7.88. The minimum Gasteiger partial charge on any atom is -0.480 e. The van der Waals surface area contributed by atoms with E-state index in [0.717, 1.165) is 0 Å². The van der Waals surface area contributed by atoms with E-state index in [9.17, 15) is 9.36 Å². The van der Waals surface area contributed by atoms with Crippen molar-refractivity contribution in [2.24, 2.45) is 0 Å². The molecule has 0 aromatic heterocycles. The minimum absolute atomic E-state index is 0. The fraction of sp³-hybridized carbons (Fsp3) is 0.800. The van der Waals surface area contributed by atoms with Crippen molar-refractivity contribution in [3.05, 3.63) is 0 Å². The molecule has 0 rings (SSSR count). The Morgan fingerprint density at radius 3 is 2.00 bits per heavy atom. The van der Waals surface area contributed by atoms with Crippen LogP contribution in [0.4, 0.5) is 0 Å². The number of nitrogens with one attached hydrogen (secondary N) is 1. The van der Waals surface area contributed by atoms with E-state index in [0.29, 0.717) is 0 Å². The number of carbonyl (C=O) groups is 1. The van der Waals surface area contributed by atoms with Gasteiger partial charge in [0.15, 0.2) is 0 Å². The number of aliphatic carboxylic acids is 1. The zero-order chi connectivity index (χ0) is 10.9. The van der Waals surface area contributed by atoms with Crippen LogP contribution in [0.1, 0.15) is 6.92 Å². The number of hydrogen-bond acceptors (Lipinski definition) is 5. The molecule has 0 atom stereocenters. The maximum absolute atomic E-state index is 10.1. The molecule has 8 N–H and O–H groups in total. The van der Waals surface area contributed by atoms with E-state index in [1.54, 1.807) is 6.92 Å². The monoisotopic (exact) mass is 232 g/mol. The first-order valence-electron chi connectivity index (χ1n) is 3.41. The second-order valence-electron chi connectivity index (χ2n) is 1.96. The van der Waals surface area contributed by atoms with Gasteiger partial charge in [-0.3, -0.25) is 14.7 Å². The van der Waals surface area contributed by atoms with E-state index in [1.807, 2.05) is 0 Å². The molecular formula is C5H17N2O6P. The summed E-state index contributed by atoms with van der Waals surface area (Å²) < 4.78 is 10.1. The van der Waals surface area contributed by atoms with Gasteiger partial charge in [0.1, 0.15) is 0 Å². The van der Waals surface area contributed by atoms with E-state index >= 15 is 0 Å². The van der Waals surface area contributed by atoms with Gasteiger partial charge in [-0.25, -0.2) is 0 Å². The lowest BCUT2D eigenvalue weighted by molar-refractivity contribution is -0.135. The Hall–Kier alpha value is -0.500. The first-order chi connectivity index (χ1) is 5.83. The Bertz CT molecular complexity index is 181. The van der Waals surface area contributed by atoms with E-state index in [2.05, 4.69) is 5.32 Å². The van der Waals surface area contributed by atoms with E-state index in [-0.39, 0.29) is 12.8 Å². The molecule has 8 nitrogen and oxygen atoms in total. The highest BCUT2D eigenvalue weighted by Crippen LogP contribution is 2.31. The van der Waals surface area contributed by atoms with Crippen LogP contribution in [0.3, 0.4) is 0 Å². The van der Waals surface area contributed by atoms with Crippen molar-refractivity contribution in [1.82, 2.24) is 11.5 Å². The smallest absolute Gasteiger partial charge is 0.339 e. The summed E-state index contributed by atoms with van der Waals surface area (Å²) in [7, 11) is -4.10. The molecule has 0 saturated heterocycles. The molecule has 9 heteroatoms. The summed E-state index contributed by atoms with van der Waals surface area (Å²) in [6.07, 6.45) is -0.598. The van der Waals surface area contributed by atoms with E-state index in [4.69, 9.17) is 20.0 Å². The molecule has 0 aliphatic rings. The summed E-state index contributed by atoms with van der Waals surface area (Å²) in [6.45, 7) is 1.49. The predicted octanol–water partition coefficient (Wildman–Crippen LogP) is -1.04. The topological polar surface area (TPSA) is 162 Å². The Balaban J connectivity index is -0.000000267. The molecule has 0 amide bonds. The van der Waals surface area contributed by atoms with Crippen LogP contribution in [0.15, 0.2) is 0 Å². The normalized spacial score (nSPS) is 9.43. The molecular weight excluding hydrogens is 215 g/mol. The standard InChI is InChI=1S/C3H8NO5P.C2H6O.H3N/c5-3(6)1-4-2-10(7,8)9;1-2-3;/h4H,1-2H2,(H,5,6)(H2,7,8,9);3H,2H2,1H3;1H3. The summed E-state index contributed by atoms with van der Waals surface area (Å²) in [4.78, 5) is 26.1. The van der Waals surface area contributed by atoms with Crippen molar-refractivity contribution in [2.45, 2.75) is 6.92 Å². The molecule has 0 heterocycles. The lowest BCUT2D eigenvalue weighted by Gasteiger charge is -2.02. The largest absolute Gasteiger partial charge is 0.480 e. The lowest BCUT2D eigenvalue weighted by atomic mass is 10.7. The second kappa shape index (κ2) is 10.6. The molecule has 0 spiro atoms. The van der Waals surface area contributed by atoms with Crippen LogP contribution in [0.2, 0.25) is 0 Å². The SMILES string of the molecule is CCO.N.O=C(O)CNCP(=O)(O)O. The maximum Gasteiger partial charge on any atom is 0.339 e. The van der Waals surface area contributed by atoms with Crippen LogP contribution in [-0.2, 0) is 9.36 Å². The zero-order valence-corrected chi connectivity index (χ0v) is 8.78. The van der Waals surface area contributed by atoms with Gasteiger partial charge < -0.3 is 26.2 Å². The first-order valence-corrected chi connectivity index (χ1v) is 5.21. The molecule has 0 aromatic carbocycles. The highest BCUT2D eigenvalue weighted by atomic mass is 31.2. The van der Waals surface area contributed by atoms with Gasteiger partial charge in [0, 0.05) is 6.61 Å². The third kappa shape index (κ3) is 30.0. The maximum atomic E-state index is 10.1. The molecule has 0 aliphatic carbocycles. The second-order valence-corrected chi connectivity index (χ2v) is 3.61. The van der Waals surface area contributed by atoms with Gasteiger partial charge in [0.05, 0.1) is 12.8 Å². The van der Waals surface area contributed by atoms with E-state index in [1.165, 1.54) is 0 Å². The molecule has 0 saturated carbocycles. The van der Waals surface area contributed by atoms with Crippen LogP contribution in [0.25, 0.3) is 0 Å². The number of carboxylic acids is 1. The van der Waals surface area contributed by atoms with Gasteiger partial charge in [0.25, 0.3) is 0 Å². The van der Waals surface area contributed by atoms with Gasteiger partial charge in [-0.05, 0) is 6.92 Å². The summed E-state index contributed by atoms with van der Waals surface area (Å²) in [6, 6.07) is 0. The number of aliphatic hydroxyl groups excluding tert-OH is 1. The number of rotatable bonds is 4. The van der Waals surface area contributed by atoms with Crippen molar-refractivity contribution in [3.63, 3.8) is 0 Å². The molecule has 0 bridgehead atoms. The molecule has 0 radical (unpaired) electrons. The quantitative estimate of drug-likeness (QED) is 0.334. The number of hydrogen-bond donors (Lipinski definition) is 6. The Kier molecular flexibility index (Phi) is 14.5. The van der Waals surface area contributed by atoms with Gasteiger partial charge in [-0.15, -0.1) is 0 Å². The predicted molar refractivity (Wildman–Crippen MR) is 50.3 cm³/mol. The third-order valence-corrected chi connectivity index (χ3v) is 1.23. The molecule has 14 heavy (non-hydrogen) atoms. The van der Waals surface area contributed by atoms with Gasteiger partial charge in [-0.2, -0.15) is 0 Å². The van der Waals surface area contributed by atoms with Gasteiger partial charge in [0.2, 0.25) is 0 Å². The average molecular weight is 232 g/mol. The summed E-state index contributed by atoms with van der Waals surface area (Å²) in [5, 5.41) is 17.6. The third-order valence-electron chi connectivity index (χ3n) is 0.594. The van der Waals surface area contributed by atoms with Gasteiger partial charge >= 0.3 is 13.6 Å². The van der Waals surface area contributed by atoms with Crippen LogP contribution in [-0.4, -0.2) is 45.4 Å². The van der Waals surface area contributed by atoms with E-state index < -0.39 is 26.4 Å². The van der Waals surface area contributed by atoms with Crippen molar-refractivity contribution >= 4 is 13.6 Å². The van der Waals surface area contributed by atoms with Crippen LogP contribution in [0.5, 0.6) is 0 Å². The van der Waals surface area contributed by atoms with Crippen molar-refractivity contribution < 1.29 is 29.4 Å². The van der Waals surface area contributed by atoms with Crippen molar-refractivity contribution in [3.8, 4) is 0 Å². The Morgan fingerprint density at radius 1 is 1.43 bits per heavy atom. The Morgan fingerprint density at radius 2 is 1.79 bits per heavy atom. The first kappa shape index (κ1) is 19.1. The summed E-state index contributed by atoms with van der Waals surface area (Å²) in [5.74, 6) is -1.14. The highest BCUT2D eigenvalue weighted by Gasteiger charge is 2.11. The fourth-order valence-electron chi connectivity index (χ4n) is 0.308. The van der Waals surface area contributed by atoms with Crippen LogP contribution in [0, 0.1) is 0 Å². The van der Waals surface area contributed by atoms with Crippen LogP contribution >= 0.6 is 7.60 Å². The summed E-state index contributed by atoms with van der Waals surface area (Å²) in [5.41, 5.74) is 0. The van der Waals surface area contributed by atoms with Crippen LogP contribution < -0.4 is 11.5 Å². The highest BCUT2D eigenvalue weighted by molar-refractivity contribution is 7.51. The van der Waals surface area contributed by atoms with Gasteiger partial charge in [-0.1, -0.05) is 0 Å². The molecule has 0 unspecified atom stereocenters. The fourth-order valence-corrected chi connectivity index (χ4v) is 0.712. The molecule has 0 aliphatic heterocycles. The molecule has 88 valence electrons. The molecule has 0 aromatic rings. The average Bonchev–Trinajstić information content (AvgIpc) is 1.84. The van der Waals surface area contributed by atoms with Crippen molar-refractivity contribution in [2.75, 3.05) is 19.4 Å². The van der Waals surface area contributed by atoms with Crippen molar-refractivity contribution in [1.29, 1.82) is 0 Å². The minimum atomic E-state index is -4.10.